The Morgan fingerprint density at radius 3 is 2.92 bits per heavy atom. The number of nitrogens with one attached hydrogen (secondary N) is 1. The minimum absolute atomic E-state index is 0.244. The standard InChI is InChI=1S/C18H15FN4O2S/c1-10-23-15(9-26-10)18(24)22-8-13-6-11-5-12(19)7-14(16(11)25-13)17-20-3-2-4-21-17/h2-5,7,9,13H,6,8H2,1H3,(H,22,24)/t13-/m0/s1. The summed E-state index contributed by atoms with van der Waals surface area (Å²) in [5.41, 5.74) is 1.66. The van der Waals surface area contributed by atoms with Crippen molar-refractivity contribution in [2.24, 2.45) is 0 Å². The number of hydrogen-bond donors (Lipinski definition) is 1. The fraction of sp³-hybridized carbons (Fsp3) is 0.222. The number of hydrogen-bond acceptors (Lipinski definition) is 6. The van der Waals surface area contributed by atoms with Crippen molar-refractivity contribution >= 4 is 17.2 Å². The average molecular weight is 370 g/mol. The van der Waals surface area contributed by atoms with Crippen molar-refractivity contribution in [2.45, 2.75) is 19.4 Å². The van der Waals surface area contributed by atoms with Crippen molar-refractivity contribution in [1.29, 1.82) is 0 Å². The molecule has 0 unspecified atom stereocenters. The Balaban J connectivity index is 1.49. The van der Waals surface area contributed by atoms with E-state index < -0.39 is 0 Å². The summed E-state index contributed by atoms with van der Waals surface area (Å²) in [6, 6.07) is 4.52. The van der Waals surface area contributed by atoms with Crippen LogP contribution >= 0.6 is 11.3 Å². The third-order valence-electron chi connectivity index (χ3n) is 4.01. The number of nitrogens with zero attached hydrogens (tertiary/aromatic N) is 3. The number of fused-ring (bicyclic) bond motifs is 1. The Labute approximate surface area is 153 Å². The van der Waals surface area contributed by atoms with Gasteiger partial charge in [-0.15, -0.1) is 11.3 Å². The number of thiazole rings is 1. The molecule has 4 rings (SSSR count). The van der Waals surface area contributed by atoms with E-state index in [9.17, 15) is 9.18 Å². The van der Waals surface area contributed by atoms with Crippen LogP contribution < -0.4 is 10.1 Å². The van der Waals surface area contributed by atoms with Gasteiger partial charge in [0, 0.05) is 29.8 Å². The molecule has 26 heavy (non-hydrogen) atoms. The number of benzene rings is 1. The van der Waals surface area contributed by atoms with Crippen LogP contribution in [0.1, 0.15) is 21.1 Å². The van der Waals surface area contributed by atoms with Gasteiger partial charge in [0.05, 0.1) is 17.1 Å². The molecule has 0 aliphatic carbocycles. The summed E-state index contributed by atoms with van der Waals surface area (Å²) in [6.45, 7) is 2.15. The number of aromatic nitrogens is 3. The van der Waals surface area contributed by atoms with Gasteiger partial charge in [-0.25, -0.2) is 19.3 Å². The maximum absolute atomic E-state index is 14.0. The van der Waals surface area contributed by atoms with Gasteiger partial charge in [-0.3, -0.25) is 4.79 Å². The Morgan fingerprint density at radius 1 is 1.38 bits per heavy atom. The maximum atomic E-state index is 14.0. The summed E-state index contributed by atoms with van der Waals surface area (Å²) in [6.07, 6.45) is 3.42. The van der Waals surface area contributed by atoms with E-state index in [1.807, 2.05) is 6.92 Å². The van der Waals surface area contributed by atoms with Gasteiger partial charge in [0.1, 0.15) is 23.4 Å². The molecule has 1 amide bonds. The van der Waals surface area contributed by atoms with Crippen LogP contribution in [0, 0.1) is 12.7 Å². The van der Waals surface area contributed by atoms with E-state index in [2.05, 4.69) is 20.3 Å². The lowest BCUT2D eigenvalue weighted by molar-refractivity contribution is 0.0929. The number of rotatable bonds is 4. The predicted octanol–water partition coefficient (Wildman–Crippen LogP) is 2.78. The van der Waals surface area contributed by atoms with E-state index in [0.717, 1.165) is 10.6 Å². The number of carbonyl (C=O) groups excluding carboxylic acids is 1. The second-order valence-electron chi connectivity index (χ2n) is 5.92. The van der Waals surface area contributed by atoms with Gasteiger partial charge < -0.3 is 10.1 Å². The number of aryl methyl sites for hydroxylation is 1. The van der Waals surface area contributed by atoms with E-state index in [-0.39, 0.29) is 17.8 Å². The van der Waals surface area contributed by atoms with E-state index in [0.29, 0.717) is 35.8 Å². The largest absolute Gasteiger partial charge is 0.487 e. The molecule has 3 heterocycles. The Kier molecular flexibility index (Phi) is 4.34. The van der Waals surface area contributed by atoms with Crippen LogP contribution in [-0.4, -0.2) is 33.5 Å². The second-order valence-corrected chi connectivity index (χ2v) is 6.98. The molecule has 8 heteroatoms. The van der Waals surface area contributed by atoms with Crippen LogP contribution in [0.5, 0.6) is 5.75 Å². The van der Waals surface area contributed by atoms with Gasteiger partial charge in [-0.2, -0.15) is 0 Å². The van der Waals surface area contributed by atoms with Gasteiger partial charge in [0.25, 0.3) is 5.91 Å². The van der Waals surface area contributed by atoms with Crippen molar-refractivity contribution in [2.75, 3.05) is 6.54 Å². The summed E-state index contributed by atoms with van der Waals surface area (Å²) in [7, 11) is 0. The first-order valence-corrected chi connectivity index (χ1v) is 8.95. The van der Waals surface area contributed by atoms with E-state index in [1.165, 1.54) is 23.5 Å². The zero-order chi connectivity index (χ0) is 18.1. The highest BCUT2D eigenvalue weighted by Gasteiger charge is 2.28. The van der Waals surface area contributed by atoms with Crippen LogP contribution in [0.15, 0.2) is 36.0 Å². The fourth-order valence-corrected chi connectivity index (χ4v) is 3.47. The van der Waals surface area contributed by atoms with Crippen LogP contribution in [0.4, 0.5) is 4.39 Å². The summed E-state index contributed by atoms with van der Waals surface area (Å²) < 4.78 is 19.9. The predicted molar refractivity (Wildman–Crippen MR) is 94.7 cm³/mol. The number of carbonyl (C=O) groups is 1. The third kappa shape index (κ3) is 3.28. The fourth-order valence-electron chi connectivity index (χ4n) is 2.88. The van der Waals surface area contributed by atoms with Gasteiger partial charge >= 0.3 is 0 Å². The first kappa shape index (κ1) is 16.6. The molecule has 1 aliphatic heterocycles. The molecule has 0 bridgehead atoms. The monoisotopic (exact) mass is 370 g/mol. The van der Waals surface area contributed by atoms with E-state index in [1.54, 1.807) is 23.8 Å². The first-order chi connectivity index (χ1) is 12.6. The molecule has 3 aromatic rings. The highest BCUT2D eigenvalue weighted by atomic mass is 32.1. The SMILES string of the molecule is Cc1nc(C(=O)NC[C@@H]2Cc3cc(F)cc(-c4ncccn4)c3O2)cs1. The van der Waals surface area contributed by atoms with Gasteiger partial charge in [0.15, 0.2) is 5.82 Å². The van der Waals surface area contributed by atoms with Gasteiger partial charge in [-0.1, -0.05) is 0 Å². The molecular weight excluding hydrogens is 355 g/mol. The molecule has 132 valence electrons. The molecule has 0 saturated heterocycles. The van der Waals surface area contributed by atoms with Crippen molar-refractivity contribution in [3.8, 4) is 17.1 Å². The lowest BCUT2D eigenvalue weighted by Gasteiger charge is -2.12. The Bertz CT molecular complexity index is 961. The molecule has 0 saturated carbocycles. The van der Waals surface area contributed by atoms with Crippen molar-refractivity contribution in [3.63, 3.8) is 0 Å². The molecule has 2 aromatic heterocycles. The quantitative estimate of drug-likeness (QED) is 0.764. The summed E-state index contributed by atoms with van der Waals surface area (Å²) in [5.74, 6) is 0.372. The van der Waals surface area contributed by atoms with E-state index in [4.69, 9.17) is 4.74 Å². The molecule has 0 radical (unpaired) electrons. The summed E-state index contributed by atoms with van der Waals surface area (Å²) in [5, 5.41) is 5.37. The summed E-state index contributed by atoms with van der Waals surface area (Å²) in [4.78, 5) is 24.6. The third-order valence-corrected chi connectivity index (χ3v) is 4.78. The Morgan fingerprint density at radius 2 is 2.19 bits per heavy atom. The second kappa shape index (κ2) is 6.80. The topological polar surface area (TPSA) is 77.0 Å². The average Bonchev–Trinajstić information content (AvgIpc) is 3.25. The molecule has 6 nitrogen and oxygen atoms in total. The van der Waals surface area contributed by atoms with Crippen LogP contribution in [0.2, 0.25) is 0 Å². The van der Waals surface area contributed by atoms with Crippen LogP contribution in [0.3, 0.4) is 0 Å². The van der Waals surface area contributed by atoms with Crippen molar-refractivity contribution in [3.05, 3.63) is 58.1 Å². The Hall–Kier alpha value is -2.87. The molecule has 1 atom stereocenters. The molecule has 1 aromatic carbocycles. The first-order valence-electron chi connectivity index (χ1n) is 8.07. The number of amides is 1. The highest BCUT2D eigenvalue weighted by Crippen LogP contribution is 2.38. The van der Waals surface area contributed by atoms with Gasteiger partial charge in [-0.05, 0) is 25.1 Å². The molecule has 0 fully saturated rings. The van der Waals surface area contributed by atoms with E-state index >= 15 is 0 Å². The minimum atomic E-state index is -0.363. The summed E-state index contributed by atoms with van der Waals surface area (Å²) >= 11 is 1.42. The van der Waals surface area contributed by atoms with Crippen molar-refractivity contribution in [1.82, 2.24) is 20.3 Å². The van der Waals surface area contributed by atoms with Crippen molar-refractivity contribution < 1.29 is 13.9 Å². The van der Waals surface area contributed by atoms with Gasteiger partial charge in [0.2, 0.25) is 0 Å². The molecular formula is C18H15FN4O2S. The lowest BCUT2D eigenvalue weighted by atomic mass is 10.1. The zero-order valence-corrected chi connectivity index (χ0v) is 14.7. The number of ether oxygens (including phenoxy) is 1. The molecule has 1 aliphatic rings. The molecule has 0 spiro atoms. The lowest BCUT2D eigenvalue weighted by Crippen LogP contribution is -2.34. The normalized spacial score (nSPS) is 15.4. The number of halogens is 1. The highest BCUT2D eigenvalue weighted by molar-refractivity contribution is 7.09. The van der Waals surface area contributed by atoms with Crippen LogP contribution in [0.25, 0.3) is 11.4 Å². The maximum Gasteiger partial charge on any atom is 0.270 e. The minimum Gasteiger partial charge on any atom is -0.487 e. The van der Waals surface area contributed by atoms with Crippen LogP contribution in [-0.2, 0) is 6.42 Å². The smallest absolute Gasteiger partial charge is 0.270 e. The molecule has 1 N–H and O–H groups in total. The zero-order valence-electron chi connectivity index (χ0n) is 13.9.